The molecule has 0 unspecified atom stereocenters. The van der Waals surface area contributed by atoms with Gasteiger partial charge in [-0.25, -0.2) is 4.79 Å². The fraction of sp³-hybridized carbons (Fsp3) is 0.345. The van der Waals surface area contributed by atoms with Crippen molar-refractivity contribution in [1.29, 1.82) is 0 Å². The molecule has 0 aromatic heterocycles. The van der Waals surface area contributed by atoms with Gasteiger partial charge in [0.1, 0.15) is 18.0 Å². The molecule has 0 aliphatic heterocycles. The van der Waals surface area contributed by atoms with Crippen LogP contribution in [0.15, 0.2) is 82.6 Å². The number of carbonyl (C=O) groups is 1. The first-order valence-electron chi connectivity index (χ1n) is 12.1. The van der Waals surface area contributed by atoms with Gasteiger partial charge in [0, 0.05) is 14.8 Å². The van der Waals surface area contributed by atoms with Crippen LogP contribution in [-0.2, 0) is 17.8 Å². The lowest BCUT2D eigenvalue weighted by molar-refractivity contribution is 0.0276. The van der Waals surface area contributed by atoms with Gasteiger partial charge in [-0.2, -0.15) is 0 Å². The predicted molar refractivity (Wildman–Crippen MR) is 147 cm³/mol. The Morgan fingerprint density at radius 1 is 0.946 bits per heavy atom. The highest BCUT2D eigenvalue weighted by Crippen LogP contribution is 2.33. The summed E-state index contributed by atoms with van der Waals surface area (Å²) in [4.78, 5) is 14.2. The molecule has 3 N–H and O–H groups in total. The Hall–Kier alpha value is -2.71. The van der Waals surface area contributed by atoms with Crippen LogP contribution in [0.3, 0.4) is 0 Å². The zero-order valence-corrected chi connectivity index (χ0v) is 22.9. The van der Waals surface area contributed by atoms with Crippen LogP contribution in [-0.4, -0.2) is 40.7 Å². The van der Waals surface area contributed by atoms with Crippen molar-refractivity contribution in [2.75, 3.05) is 13.2 Å². The van der Waals surface area contributed by atoms with E-state index in [1.165, 1.54) is 0 Å². The molecule has 0 saturated heterocycles. The molecular formula is C29H34ClNO5S. The number of amides is 1. The molecule has 0 aliphatic carbocycles. The highest BCUT2D eigenvalue weighted by Gasteiger charge is 2.32. The molecule has 0 spiro atoms. The predicted octanol–water partition coefficient (Wildman–Crippen LogP) is 6.25. The minimum Gasteiger partial charge on any atom is -0.489 e. The number of benzene rings is 3. The van der Waals surface area contributed by atoms with E-state index in [0.717, 1.165) is 26.7 Å². The van der Waals surface area contributed by atoms with Crippen molar-refractivity contribution in [1.82, 2.24) is 5.32 Å². The molecule has 3 aromatic rings. The topological polar surface area (TPSA) is 88.0 Å². The molecule has 0 saturated carbocycles. The molecule has 198 valence electrons. The second-order valence-electron chi connectivity index (χ2n) is 9.83. The summed E-state index contributed by atoms with van der Waals surface area (Å²) in [7, 11) is 0. The number of hydrogen-bond acceptors (Lipinski definition) is 6. The van der Waals surface area contributed by atoms with E-state index in [1.54, 1.807) is 32.5 Å². The zero-order chi connectivity index (χ0) is 26.9. The number of aryl methyl sites for hydroxylation is 1. The van der Waals surface area contributed by atoms with E-state index in [1.807, 2.05) is 72.8 Å². The Morgan fingerprint density at radius 2 is 1.65 bits per heavy atom. The monoisotopic (exact) mass is 543 g/mol. The SMILES string of the molecule is CC(C)(C)OC(=O)NC(CO)(CO)CCc1ccc(Sc2cccc(OCc3ccccc3)c2)cc1Cl. The third kappa shape index (κ3) is 9.27. The Morgan fingerprint density at radius 3 is 2.30 bits per heavy atom. The second-order valence-corrected chi connectivity index (χ2v) is 11.4. The van der Waals surface area contributed by atoms with Crippen LogP contribution in [0.25, 0.3) is 0 Å². The molecular weight excluding hydrogens is 510 g/mol. The summed E-state index contributed by atoms with van der Waals surface area (Å²) in [6.07, 6.45) is 0.0406. The third-order valence-corrected chi connectivity index (χ3v) is 6.89. The summed E-state index contributed by atoms with van der Waals surface area (Å²) in [5, 5.41) is 23.1. The summed E-state index contributed by atoms with van der Waals surface area (Å²) in [6, 6.07) is 23.7. The van der Waals surface area contributed by atoms with Crippen LogP contribution in [0.4, 0.5) is 4.79 Å². The quantitative estimate of drug-likeness (QED) is 0.265. The van der Waals surface area contributed by atoms with E-state index in [9.17, 15) is 15.0 Å². The summed E-state index contributed by atoms with van der Waals surface area (Å²) in [6.45, 7) is 4.88. The number of aliphatic hydroxyl groups excluding tert-OH is 2. The van der Waals surface area contributed by atoms with Gasteiger partial charge in [-0.05, 0) is 75.1 Å². The van der Waals surface area contributed by atoms with Crippen molar-refractivity contribution in [3.8, 4) is 5.75 Å². The first kappa shape index (κ1) is 28.9. The van der Waals surface area contributed by atoms with Gasteiger partial charge >= 0.3 is 6.09 Å². The molecule has 6 nitrogen and oxygen atoms in total. The van der Waals surface area contributed by atoms with Crippen molar-refractivity contribution in [3.05, 3.63) is 88.9 Å². The number of alkyl carbamates (subject to hydrolysis) is 1. The fourth-order valence-corrected chi connectivity index (χ4v) is 4.79. The summed E-state index contributed by atoms with van der Waals surface area (Å²) in [5.74, 6) is 0.790. The van der Waals surface area contributed by atoms with Gasteiger partial charge in [-0.1, -0.05) is 65.8 Å². The number of rotatable bonds is 11. The van der Waals surface area contributed by atoms with Gasteiger partial charge in [-0.15, -0.1) is 0 Å². The highest BCUT2D eigenvalue weighted by molar-refractivity contribution is 7.99. The van der Waals surface area contributed by atoms with Crippen molar-refractivity contribution in [2.24, 2.45) is 0 Å². The minimum absolute atomic E-state index is 0.284. The largest absolute Gasteiger partial charge is 0.489 e. The lowest BCUT2D eigenvalue weighted by atomic mass is 9.93. The first-order valence-corrected chi connectivity index (χ1v) is 13.3. The van der Waals surface area contributed by atoms with Crippen molar-refractivity contribution in [2.45, 2.75) is 61.2 Å². The van der Waals surface area contributed by atoms with E-state index < -0.39 is 30.4 Å². The van der Waals surface area contributed by atoms with Crippen LogP contribution < -0.4 is 10.1 Å². The Balaban J connectivity index is 1.61. The lowest BCUT2D eigenvalue weighted by Gasteiger charge is -2.32. The van der Waals surface area contributed by atoms with Crippen molar-refractivity contribution in [3.63, 3.8) is 0 Å². The molecule has 0 heterocycles. The van der Waals surface area contributed by atoms with Crippen LogP contribution in [0.5, 0.6) is 5.75 Å². The number of aliphatic hydroxyl groups is 2. The smallest absolute Gasteiger partial charge is 0.408 e. The van der Waals surface area contributed by atoms with Crippen LogP contribution >= 0.6 is 23.4 Å². The van der Waals surface area contributed by atoms with Gasteiger partial charge < -0.3 is 25.0 Å². The van der Waals surface area contributed by atoms with E-state index >= 15 is 0 Å². The number of nitrogens with one attached hydrogen (secondary N) is 1. The molecule has 0 bridgehead atoms. The average molecular weight is 544 g/mol. The van der Waals surface area contributed by atoms with Gasteiger partial charge in [0.15, 0.2) is 0 Å². The molecule has 0 radical (unpaired) electrons. The number of halogens is 1. The third-order valence-electron chi connectivity index (χ3n) is 5.56. The van der Waals surface area contributed by atoms with Crippen LogP contribution in [0, 0.1) is 0 Å². The number of ether oxygens (including phenoxy) is 2. The molecule has 0 atom stereocenters. The second kappa shape index (κ2) is 13.2. The number of carbonyl (C=O) groups excluding carboxylic acids is 1. The molecule has 3 aromatic carbocycles. The molecule has 3 rings (SSSR count). The standard InChI is InChI=1S/C29H34ClNO5S/c1-28(2,3)36-27(34)31-29(19-32,20-33)15-14-22-12-13-25(17-26(22)30)37-24-11-7-10-23(16-24)35-18-21-8-5-4-6-9-21/h4-13,16-17,32-33H,14-15,18-20H2,1-3H3,(H,31,34). The Kier molecular flexibility index (Phi) is 10.3. The van der Waals surface area contributed by atoms with Gasteiger partial charge in [0.05, 0.1) is 18.8 Å². The van der Waals surface area contributed by atoms with Gasteiger partial charge in [-0.3, -0.25) is 0 Å². The highest BCUT2D eigenvalue weighted by atomic mass is 35.5. The average Bonchev–Trinajstić information content (AvgIpc) is 2.86. The van der Waals surface area contributed by atoms with E-state index in [-0.39, 0.29) is 6.42 Å². The fourth-order valence-electron chi connectivity index (χ4n) is 3.54. The summed E-state index contributed by atoms with van der Waals surface area (Å²) in [5.41, 5.74) is 0.0449. The van der Waals surface area contributed by atoms with Crippen molar-refractivity contribution < 1.29 is 24.5 Å². The lowest BCUT2D eigenvalue weighted by Crippen LogP contribution is -2.55. The maximum Gasteiger partial charge on any atom is 0.408 e. The molecule has 0 aliphatic rings. The molecule has 8 heteroatoms. The summed E-state index contributed by atoms with van der Waals surface area (Å²) >= 11 is 8.15. The Bertz CT molecular complexity index is 1160. The Labute approximate surface area is 228 Å². The normalized spacial score (nSPS) is 11.7. The van der Waals surface area contributed by atoms with Crippen molar-refractivity contribution >= 4 is 29.5 Å². The minimum atomic E-state index is -1.22. The summed E-state index contributed by atoms with van der Waals surface area (Å²) < 4.78 is 11.2. The van der Waals surface area contributed by atoms with Crippen LogP contribution in [0.2, 0.25) is 5.02 Å². The maximum absolute atomic E-state index is 12.2. The van der Waals surface area contributed by atoms with E-state index in [2.05, 4.69) is 5.32 Å². The first-order chi connectivity index (χ1) is 17.6. The van der Waals surface area contributed by atoms with Crippen LogP contribution in [0.1, 0.15) is 38.3 Å². The maximum atomic E-state index is 12.2. The zero-order valence-electron chi connectivity index (χ0n) is 21.4. The van der Waals surface area contributed by atoms with E-state index in [0.29, 0.717) is 18.1 Å². The number of hydrogen-bond donors (Lipinski definition) is 3. The molecule has 1 amide bonds. The molecule has 37 heavy (non-hydrogen) atoms. The molecule has 0 fully saturated rings. The van der Waals surface area contributed by atoms with Gasteiger partial charge in [0.2, 0.25) is 0 Å². The van der Waals surface area contributed by atoms with E-state index in [4.69, 9.17) is 21.1 Å². The van der Waals surface area contributed by atoms with Gasteiger partial charge in [0.25, 0.3) is 0 Å².